The molecule has 0 aromatic carbocycles. The molecule has 11 N–H and O–H groups in total. The van der Waals surface area contributed by atoms with Crippen molar-refractivity contribution >= 4 is 129 Å². The molecule has 4 rings (SSSR count). The number of carbonyl (C=O) groups is 3. The predicted octanol–water partition coefficient (Wildman–Crippen LogP) is 4.85. The molecule has 0 radical (unpaired) electrons. The molecule has 4 fully saturated rings. The van der Waals surface area contributed by atoms with Crippen LogP contribution in [0.5, 0.6) is 0 Å². The number of rotatable bonds is 5. The maximum atomic E-state index is 11.4. The molecule has 0 bridgehead atoms. The number of carbonyl (C=O) groups excluding carboxylic acids is 2. The van der Waals surface area contributed by atoms with Gasteiger partial charge in [-0.05, 0) is 94.4 Å². The molecule has 4 aliphatic carbocycles. The van der Waals surface area contributed by atoms with Crippen molar-refractivity contribution in [1.29, 1.82) is 0 Å². The van der Waals surface area contributed by atoms with Gasteiger partial charge in [-0.25, -0.2) is 6.57 Å². The molecule has 0 aromatic rings. The number of carboxylic acids is 1. The van der Waals surface area contributed by atoms with E-state index in [9.17, 15) is 14.7 Å². The van der Waals surface area contributed by atoms with Crippen molar-refractivity contribution in [3.63, 3.8) is 0 Å². The minimum atomic E-state index is -4.67. The Balaban J connectivity index is -0.0000000669. The van der Waals surface area contributed by atoms with Gasteiger partial charge >= 0.3 is 84.8 Å². The number of hydrogen-bond acceptors (Lipinski definition) is 8. The summed E-state index contributed by atoms with van der Waals surface area (Å²) < 4.78 is 31.6. The van der Waals surface area contributed by atoms with Gasteiger partial charge in [0.05, 0.1) is 5.60 Å². The third-order valence-electron chi connectivity index (χ3n) is 11.5. The van der Waals surface area contributed by atoms with Gasteiger partial charge in [0.25, 0.3) is 12.0 Å². The maximum Gasteiger partial charge on any atom is 2.00 e. The second-order valence-corrected chi connectivity index (χ2v) is 18.7. The third kappa shape index (κ3) is 87.1. The van der Waals surface area contributed by atoms with E-state index in [1.807, 2.05) is 0 Å². The third-order valence-corrected chi connectivity index (χ3v) is 11.8. The van der Waals surface area contributed by atoms with Gasteiger partial charge in [0.15, 0.2) is 5.11 Å². The molecule has 4 aliphatic rings. The number of nitrogens with one attached hydrogen (secondary N) is 1. The Morgan fingerprint density at radius 3 is 1.22 bits per heavy atom. The number of hydrogen-bond donors (Lipinski definition) is 8. The first-order chi connectivity index (χ1) is 31.5. The van der Waals surface area contributed by atoms with E-state index in [-0.39, 0.29) is 162 Å². The number of halogens is 6. The van der Waals surface area contributed by atoms with E-state index in [1.165, 1.54) is 128 Å². The molecule has 0 heterocycles. The Bertz CT molecular complexity index is 1260. The van der Waals surface area contributed by atoms with Crippen LogP contribution in [-0.2, 0) is 24.8 Å². The molecule has 14 nitrogen and oxygen atoms in total. The SMILES string of the molecule is C.CC(=O)O.CCC1(N)CCCCCCC1.CCC1(NC(=O)CCl)CCCCCCC1.CCC1(O)CCCCCCC1.II.NC(N)=S.O=C1CCCCCCC1.O=S(=O)(O)O.[Br-].[C-]#[N+]CCl.[CH2-]C.[I-].[K+].[Mg+2]. The number of carboxylic acid groups (broad SMARTS) is 1. The zero-order valence-corrected chi connectivity index (χ0v) is 60.1. The summed E-state index contributed by atoms with van der Waals surface area (Å²) in [7, 11) is -4.67. The fourth-order valence-corrected chi connectivity index (χ4v) is 7.72. The zero-order chi connectivity index (χ0) is 53.1. The second kappa shape index (κ2) is 72.2. The zero-order valence-electron chi connectivity index (χ0n) is 44.3. The monoisotopic (exact) mass is 1550 g/mol. The van der Waals surface area contributed by atoms with E-state index >= 15 is 0 Å². The number of amides is 1. The fraction of sp³-hybridized carbons (Fsp3) is 0.875. The van der Waals surface area contributed by atoms with Crippen LogP contribution in [-0.4, -0.2) is 102 Å². The molecule has 0 aromatic heterocycles. The van der Waals surface area contributed by atoms with Crippen LogP contribution in [0.2, 0.25) is 0 Å². The molecular formula is C48H98BrCl2I3KMgN5O9S2. The summed E-state index contributed by atoms with van der Waals surface area (Å²) in [6.07, 6.45) is 37.6. The van der Waals surface area contributed by atoms with Crippen molar-refractivity contribution in [1.82, 2.24) is 5.32 Å². The summed E-state index contributed by atoms with van der Waals surface area (Å²) in [5.41, 5.74) is 15.4. The average Bonchev–Trinajstić information content (AvgIpc) is 3.24. The average molecular weight is 1550 g/mol. The molecule has 1 amide bonds. The van der Waals surface area contributed by atoms with Gasteiger partial charge in [0.1, 0.15) is 11.7 Å². The van der Waals surface area contributed by atoms with Gasteiger partial charge in [0, 0.05) is 68.1 Å². The second-order valence-electron chi connectivity index (χ2n) is 16.9. The summed E-state index contributed by atoms with van der Waals surface area (Å²) >= 11 is 18.7. The van der Waals surface area contributed by atoms with Crippen molar-refractivity contribution in [2.75, 3.05) is 11.9 Å². The van der Waals surface area contributed by atoms with Crippen molar-refractivity contribution in [2.45, 2.75) is 258 Å². The molecule has 24 heteroatoms. The quantitative estimate of drug-likeness (QED) is 0.0349. The summed E-state index contributed by atoms with van der Waals surface area (Å²) in [6.45, 7) is 18.5. The van der Waals surface area contributed by atoms with Crippen LogP contribution in [0.15, 0.2) is 0 Å². The van der Waals surface area contributed by atoms with Crippen LogP contribution in [0.3, 0.4) is 0 Å². The molecule has 72 heavy (non-hydrogen) atoms. The molecular weight excluding hydrogens is 1450 g/mol. The molecule has 426 valence electrons. The Morgan fingerprint density at radius 2 is 0.986 bits per heavy atom. The van der Waals surface area contributed by atoms with Gasteiger partial charge in [0.2, 0.25) is 5.91 Å². The fourth-order valence-electron chi connectivity index (χ4n) is 7.66. The number of aliphatic carboxylic acids is 1. The number of alkyl halides is 2. The summed E-state index contributed by atoms with van der Waals surface area (Å²) in [4.78, 5) is 34.0. The first-order valence-corrected chi connectivity index (χ1v) is 33.3. The number of Topliss-reactive ketones (excluding diaryl/α,β-unsaturated/α-hetero) is 1. The molecule has 0 unspecified atom stereocenters. The van der Waals surface area contributed by atoms with Gasteiger partial charge < -0.3 is 80.6 Å². The van der Waals surface area contributed by atoms with Gasteiger partial charge in [-0.1, -0.05) is 144 Å². The normalized spacial score (nSPS) is 17.1. The van der Waals surface area contributed by atoms with E-state index in [2.05, 4.69) is 98.8 Å². The standard InChI is InChI=1S/C12H22ClNO.C10H21N.C10H20O.C8H14O.C2H2ClN.C2H4O2.C2H5.CH4N2S.CH4.BrH.I2.HI.K.Mg.H2O4S/c1-2-12(14-11(15)10-13)8-6-4-3-5-7-9-12;2*1-2-10(11)8-6-4-3-5-7-9-10;9-8-6-4-2-1-3-5-7-8;1-4-2-3;1-2(3)4;1-2;2-1(3)4;;;1-2;;;;1-5(2,3)4/h2-10H2,1H3,(H,14,15);2-9,11H2,1H3;11H,2-9H2,1H3;1-7H2;2H2;1H3,(H,3,4);1H2,2H3;(H4,2,3,4);1H4;1H;;1H;;;(H2,1,2,3,4)/q;;;;;;-1;;;;;;+1;+2;/p-2. The Hall–Kier alpha value is 3.23. The smallest absolute Gasteiger partial charge is 1.00 e. The van der Waals surface area contributed by atoms with Crippen LogP contribution in [0.25, 0.3) is 4.85 Å². The summed E-state index contributed by atoms with van der Waals surface area (Å²) in [6, 6.07) is 0.0833. The molecule has 4 saturated carbocycles. The van der Waals surface area contributed by atoms with Crippen molar-refractivity contribution in [2.24, 2.45) is 17.2 Å². The Kier molecular flexibility index (Phi) is 101. The van der Waals surface area contributed by atoms with Crippen molar-refractivity contribution in [3.05, 3.63) is 18.3 Å². The molecule has 0 saturated heterocycles. The largest absolute Gasteiger partial charge is 2.00 e. The van der Waals surface area contributed by atoms with Crippen LogP contribution in [0.4, 0.5) is 0 Å². The van der Waals surface area contributed by atoms with Crippen molar-refractivity contribution in [3.8, 4) is 0 Å². The van der Waals surface area contributed by atoms with Crippen LogP contribution < -0.4 is 115 Å². The van der Waals surface area contributed by atoms with Crippen molar-refractivity contribution < 1.29 is 134 Å². The van der Waals surface area contributed by atoms with E-state index in [4.69, 9.17) is 62.9 Å². The molecule has 0 aliphatic heterocycles. The van der Waals surface area contributed by atoms with E-state index in [1.54, 1.807) is 6.92 Å². The number of aliphatic hydroxyl groups is 1. The number of thiocarbonyl (C=S) groups is 1. The molecule has 0 spiro atoms. The van der Waals surface area contributed by atoms with Crippen LogP contribution in [0, 0.1) is 13.5 Å². The number of ketones is 1. The summed E-state index contributed by atoms with van der Waals surface area (Å²) in [5, 5.41) is 20.5. The van der Waals surface area contributed by atoms with Gasteiger partial charge in [-0.3, -0.25) is 28.3 Å². The van der Waals surface area contributed by atoms with E-state index in [0.29, 0.717) is 5.78 Å². The Labute approximate surface area is 565 Å². The first kappa shape index (κ1) is 100. The maximum absolute atomic E-state index is 11.4. The molecule has 0 atom stereocenters. The number of nitrogens with two attached hydrogens (primary N) is 3. The first-order valence-electron chi connectivity index (χ1n) is 24.1. The van der Waals surface area contributed by atoms with Crippen LogP contribution >= 0.6 is 72.7 Å². The van der Waals surface area contributed by atoms with Crippen LogP contribution in [0.1, 0.15) is 241 Å². The minimum absolute atomic E-state index is 0. The van der Waals surface area contributed by atoms with Gasteiger partial charge in [-0.15, -0.1) is 11.6 Å². The number of nitrogens with zero attached hydrogens (tertiary/aromatic N) is 1. The summed E-state index contributed by atoms with van der Waals surface area (Å²) in [5.74, 6) is -0.282. The predicted molar refractivity (Wildman–Crippen MR) is 316 cm³/mol. The minimum Gasteiger partial charge on any atom is -1.00 e. The Morgan fingerprint density at radius 1 is 0.736 bits per heavy atom. The van der Waals surface area contributed by atoms with Gasteiger partial charge in [-0.2, -0.15) is 15.3 Å². The topological polar surface area (TPSA) is 261 Å². The van der Waals surface area contributed by atoms with E-state index < -0.39 is 16.4 Å². The van der Waals surface area contributed by atoms with E-state index in [0.717, 1.165) is 77.6 Å².